The van der Waals surface area contributed by atoms with E-state index in [1.807, 2.05) is 52.0 Å². The third-order valence-corrected chi connectivity index (χ3v) is 4.81. The fraction of sp³-hybridized carbons (Fsp3) is 0.316. The average molecular weight is 370 g/mol. The molecule has 0 atom stereocenters. The summed E-state index contributed by atoms with van der Waals surface area (Å²) >= 11 is 1.44. The van der Waals surface area contributed by atoms with Crippen molar-refractivity contribution in [2.45, 2.75) is 39.7 Å². The Morgan fingerprint density at radius 3 is 2.65 bits per heavy atom. The summed E-state index contributed by atoms with van der Waals surface area (Å²) in [6, 6.07) is 9.32. The third kappa shape index (κ3) is 4.11. The highest BCUT2D eigenvalue weighted by molar-refractivity contribution is 7.18. The number of hydrogen-bond acceptors (Lipinski definition) is 4. The molecule has 136 valence electrons. The van der Waals surface area contributed by atoms with E-state index in [1.54, 1.807) is 6.07 Å². The lowest BCUT2D eigenvalue weighted by Gasteiger charge is -2.20. The van der Waals surface area contributed by atoms with Crippen molar-refractivity contribution in [3.05, 3.63) is 46.3 Å². The molecule has 7 heteroatoms. The number of amides is 2. The number of nitrogens with zero attached hydrogens (tertiary/aromatic N) is 1. The van der Waals surface area contributed by atoms with Gasteiger partial charge in [0.15, 0.2) is 0 Å². The molecular weight excluding hydrogens is 348 g/mol. The van der Waals surface area contributed by atoms with Gasteiger partial charge in [0, 0.05) is 16.0 Å². The molecule has 1 aromatic carbocycles. The summed E-state index contributed by atoms with van der Waals surface area (Å²) in [6.45, 7) is 7.75. The van der Waals surface area contributed by atoms with Gasteiger partial charge < -0.3 is 10.6 Å². The highest BCUT2D eigenvalue weighted by atomic mass is 32.1. The van der Waals surface area contributed by atoms with Crippen LogP contribution in [0.1, 0.15) is 41.6 Å². The van der Waals surface area contributed by atoms with Crippen LogP contribution in [-0.2, 0) is 11.2 Å². The van der Waals surface area contributed by atoms with Crippen molar-refractivity contribution in [3.8, 4) is 0 Å². The van der Waals surface area contributed by atoms with Gasteiger partial charge in [0.1, 0.15) is 10.6 Å². The normalized spacial score (nSPS) is 11.5. The average Bonchev–Trinajstić information content (AvgIpc) is 3.07. The Hall–Kier alpha value is -2.67. The maximum Gasteiger partial charge on any atom is 0.257 e. The molecule has 2 aromatic heterocycles. The first kappa shape index (κ1) is 18.1. The van der Waals surface area contributed by atoms with Gasteiger partial charge in [-0.2, -0.15) is 5.10 Å². The monoisotopic (exact) mass is 370 g/mol. The number of H-pyrrole nitrogens is 1. The van der Waals surface area contributed by atoms with Crippen LogP contribution in [0.4, 0.5) is 5.82 Å². The molecule has 3 N–H and O–H groups in total. The summed E-state index contributed by atoms with van der Waals surface area (Å²) in [7, 11) is 0. The van der Waals surface area contributed by atoms with Crippen molar-refractivity contribution in [3.63, 3.8) is 0 Å². The van der Waals surface area contributed by atoms with E-state index < -0.39 is 0 Å². The first-order chi connectivity index (χ1) is 12.2. The van der Waals surface area contributed by atoms with Gasteiger partial charge in [-0.05, 0) is 45.4 Å². The Morgan fingerprint density at radius 2 is 1.96 bits per heavy atom. The summed E-state index contributed by atoms with van der Waals surface area (Å²) in [5.74, 6) is 0.328. The molecule has 0 saturated heterocycles. The van der Waals surface area contributed by atoms with Gasteiger partial charge in [-0.3, -0.25) is 14.7 Å². The first-order valence-electron chi connectivity index (χ1n) is 8.38. The second kappa shape index (κ2) is 6.92. The summed E-state index contributed by atoms with van der Waals surface area (Å²) < 4.78 is 0. The number of rotatable bonds is 4. The van der Waals surface area contributed by atoms with E-state index in [9.17, 15) is 9.59 Å². The van der Waals surface area contributed by atoms with Crippen LogP contribution in [0, 0.1) is 6.92 Å². The minimum absolute atomic E-state index is 0.0316. The number of anilines is 1. The molecule has 2 heterocycles. The zero-order valence-electron chi connectivity index (χ0n) is 15.3. The van der Waals surface area contributed by atoms with E-state index in [-0.39, 0.29) is 17.4 Å². The molecule has 0 unspecified atom stereocenters. The Labute approximate surface area is 156 Å². The fourth-order valence-electron chi connectivity index (χ4n) is 2.67. The second-order valence-corrected chi connectivity index (χ2v) is 8.39. The largest absolute Gasteiger partial charge is 0.351 e. The van der Waals surface area contributed by atoms with E-state index in [1.165, 1.54) is 11.3 Å². The van der Waals surface area contributed by atoms with Gasteiger partial charge in [0.2, 0.25) is 5.91 Å². The van der Waals surface area contributed by atoms with E-state index in [0.717, 1.165) is 20.7 Å². The highest BCUT2D eigenvalue weighted by Gasteiger charge is 2.18. The van der Waals surface area contributed by atoms with Gasteiger partial charge in [0.05, 0.1) is 11.8 Å². The minimum atomic E-state index is -0.262. The Bertz CT molecular complexity index is 965. The number of hydrogen-bond donors (Lipinski definition) is 3. The van der Waals surface area contributed by atoms with Gasteiger partial charge >= 0.3 is 0 Å². The van der Waals surface area contributed by atoms with Gasteiger partial charge in [-0.25, -0.2) is 0 Å². The predicted molar refractivity (Wildman–Crippen MR) is 105 cm³/mol. The number of fused-ring (bicyclic) bond motifs is 1. The van der Waals surface area contributed by atoms with E-state index in [0.29, 0.717) is 17.8 Å². The van der Waals surface area contributed by atoms with Crippen LogP contribution < -0.4 is 10.6 Å². The van der Waals surface area contributed by atoms with Crippen molar-refractivity contribution in [1.29, 1.82) is 0 Å². The van der Waals surface area contributed by atoms with Crippen LogP contribution in [0.3, 0.4) is 0 Å². The maximum atomic E-state index is 12.5. The minimum Gasteiger partial charge on any atom is -0.351 e. The number of thiophene rings is 1. The first-order valence-corrected chi connectivity index (χ1v) is 9.19. The smallest absolute Gasteiger partial charge is 0.257 e. The molecule has 26 heavy (non-hydrogen) atoms. The zero-order valence-corrected chi connectivity index (χ0v) is 16.1. The van der Waals surface area contributed by atoms with Crippen molar-refractivity contribution in [2.24, 2.45) is 0 Å². The topological polar surface area (TPSA) is 86.9 Å². The summed E-state index contributed by atoms with van der Waals surface area (Å²) in [6.07, 6.45) is 0.295. The lowest BCUT2D eigenvalue weighted by molar-refractivity contribution is -0.121. The number of carbonyl (C=O) groups is 2. The molecule has 2 amide bonds. The number of carbonyl (C=O) groups excluding carboxylic acids is 2. The molecule has 0 spiro atoms. The molecule has 3 rings (SSSR count). The molecule has 6 nitrogen and oxygen atoms in total. The summed E-state index contributed by atoms with van der Waals surface area (Å²) in [4.78, 5) is 26.3. The van der Waals surface area contributed by atoms with Gasteiger partial charge in [0.25, 0.3) is 5.91 Å². The van der Waals surface area contributed by atoms with Crippen molar-refractivity contribution in [1.82, 2.24) is 15.5 Å². The fourth-order valence-corrected chi connectivity index (χ4v) is 3.66. The van der Waals surface area contributed by atoms with Crippen molar-refractivity contribution >= 4 is 39.2 Å². The molecule has 3 aromatic rings. The number of aryl methyl sites for hydroxylation is 1. The molecule has 0 fully saturated rings. The maximum absolute atomic E-state index is 12.5. The third-order valence-electron chi connectivity index (χ3n) is 3.78. The van der Waals surface area contributed by atoms with E-state index in [2.05, 4.69) is 20.8 Å². The molecule has 0 bridgehead atoms. The van der Waals surface area contributed by atoms with Crippen molar-refractivity contribution in [2.75, 3.05) is 5.32 Å². The van der Waals surface area contributed by atoms with Gasteiger partial charge in [-0.1, -0.05) is 18.2 Å². The Morgan fingerprint density at radius 1 is 1.23 bits per heavy atom. The molecule has 0 aliphatic heterocycles. The van der Waals surface area contributed by atoms with Gasteiger partial charge in [-0.15, -0.1) is 11.3 Å². The lowest BCUT2D eigenvalue weighted by Crippen LogP contribution is -2.41. The quantitative estimate of drug-likeness (QED) is 0.655. The van der Waals surface area contributed by atoms with Crippen LogP contribution in [0.2, 0.25) is 0 Å². The van der Waals surface area contributed by atoms with E-state index >= 15 is 0 Å². The lowest BCUT2D eigenvalue weighted by atomic mass is 10.1. The summed E-state index contributed by atoms with van der Waals surface area (Å²) in [5, 5.41) is 13.7. The Balaban J connectivity index is 1.77. The number of aromatic amines is 1. The SMILES string of the molecule is Cc1ccccc1C(=O)Nc1[nH]nc2sc(CC(=O)NC(C)(C)C)cc12. The van der Waals surface area contributed by atoms with Crippen molar-refractivity contribution < 1.29 is 9.59 Å². The standard InChI is InChI=1S/C19H22N4O2S/c1-11-7-5-6-8-13(11)17(25)20-16-14-9-12(26-18(14)23-22-16)10-15(24)21-19(2,3)4/h5-9H,10H2,1-4H3,(H,21,24)(H2,20,22,23,25). The zero-order chi connectivity index (χ0) is 18.9. The van der Waals surface area contributed by atoms with E-state index in [4.69, 9.17) is 0 Å². The number of benzene rings is 1. The van der Waals surface area contributed by atoms with Crippen LogP contribution in [0.15, 0.2) is 30.3 Å². The highest BCUT2D eigenvalue weighted by Crippen LogP contribution is 2.30. The molecule has 0 saturated carbocycles. The number of aromatic nitrogens is 2. The second-order valence-electron chi connectivity index (χ2n) is 7.27. The van der Waals surface area contributed by atoms with Crippen LogP contribution >= 0.6 is 11.3 Å². The van der Waals surface area contributed by atoms with Crippen LogP contribution in [0.5, 0.6) is 0 Å². The molecule has 0 aliphatic rings. The Kier molecular flexibility index (Phi) is 4.82. The van der Waals surface area contributed by atoms with Crippen LogP contribution in [-0.4, -0.2) is 27.6 Å². The molecule has 0 radical (unpaired) electrons. The van der Waals surface area contributed by atoms with Crippen LogP contribution in [0.25, 0.3) is 10.2 Å². The predicted octanol–water partition coefficient (Wildman–Crippen LogP) is 3.64. The molecule has 0 aliphatic carbocycles. The molecular formula is C19H22N4O2S. The number of nitrogens with one attached hydrogen (secondary N) is 3. The summed E-state index contributed by atoms with van der Waals surface area (Å²) in [5.41, 5.74) is 1.27.